The first-order valence-corrected chi connectivity index (χ1v) is 13.6. The smallest absolute Gasteiger partial charge is 0.253 e. The number of rotatable bonds is 8. The Kier molecular flexibility index (Phi) is 8.39. The summed E-state index contributed by atoms with van der Waals surface area (Å²) in [5.74, 6) is 2.58. The van der Waals surface area contributed by atoms with Crippen LogP contribution in [0.1, 0.15) is 69.9 Å². The van der Waals surface area contributed by atoms with Crippen LogP contribution in [0.25, 0.3) is 0 Å². The molecule has 0 aromatic heterocycles. The van der Waals surface area contributed by atoms with Gasteiger partial charge in [0.05, 0.1) is 12.7 Å². The Morgan fingerprint density at radius 1 is 0.868 bits per heavy atom. The fourth-order valence-corrected chi connectivity index (χ4v) is 5.52. The monoisotopic (exact) mass is 512 g/mol. The van der Waals surface area contributed by atoms with Gasteiger partial charge in [-0.2, -0.15) is 0 Å². The number of amides is 1. The third-order valence-corrected chi connectivity index (χ3v) is 7.79. The lowest BCUT2D eigenvalue weighted by molar-refractivity contribution is 0.0628. The number of carbonyl (C=O) groups is 2. The normalized spacial score (nSPS) is 16.7. The minimum absolute atomic E-state index is 0.0334. The van der Waals surface area contributed by atoms with Crippen LogP contribution in [0, 0.1) is 0 Å². The Labute approximate surface area is 225 Å². The van der Waals surface area contributed by atoms with Gasteiger partial charge < -0.3 is 14.4 Å². The summed E-state index contributed by atoms with van der Waals surface area (Å²) < 4.78 is 11.3. The van der Waals surface area contributed by atoms with Gasteiger partial charge >= 0.3 is 0 Å². The third-order valence-electron chi connectivity index (χ3n) is 7.79. The molecule has 1 heterocycles. The zero-order valence-electron chi connectivity index (χ0n) is 22.1. The molecular formula is C32H36N2O4. The minimum Gasteiger partial charge on any atom is -0.497 e. The molecule has 0 radical (unpaired) electrons. The fraction of sp³-hybridized carbons (Fsp3) is 0.375. The summed E-state index contributed by atoms with van der Waals surface area (Å²) in [4.78, 5) is 29.2. The average molecular weight is 513 g/mol. The molecule has 5 rings (SSSR count). The summed E-state index contributed by atoms with van der Waals surface area (Å²) in [5, 5.41) is 0. The topological polar surface area (TPSA) is 59.1 Å². The number of ether oxygens (including phenoxy) is 2. The maximum Gasteiger partial charge on any atom is 0.253 e. The van der Waals surface area contributed by atoms with Gasteiger partial charge in [-0.15, -0.1) is 0 Å². The summed E-state index contributed by atoms with van der Waals surface area (Å²) in [6.45, 7) is 3.93. The van der Waals surface area contributed by atoms with Crippen molar-refractivity contribution in [3.8, 4) is 17.2 Å². The first kappa shape index (κ1) is 26.0. The van der Waals surface area contributed by atoms with Crippen LogP contribution < -0.4 is 9.47 Å². The van der Waals surface area contributed by atoms with Gasteiger partial charge in [0.15, 0.2) is 6.29 Å². The minimum atomic E-state index is 0.0334. The zero-order chi connectivity index (χ0) is 26.3. The number of benzene rings is 3. The summed E-state index contributed by atoms with van der Waals surface area (Å²) >= 11 is 0. The van der Waals surface area contributed by atoms with Crippen molar-refractivity contribution in [3.05, 3.63) is 89.0 Å². The lowest BCUT2D eigenvalue weighted by Gasteiger charge is -2.34. The maximum absolute atomic E-state index is 13.1. The Morgan fingerprint density at radius 3 is 2.21 bits per heavy atom. The Balaban J connectivity index is 1.15. The highest BCUT2D eigenvalue weighted by Gasteiger charge is 2.22. The van der Waals surface area contributed by atoms with Gasteiger partial charge in [-0.3, -0.25) is 14.5 Å². The standard InChI is InChI=1S/C32H36N2O4/c1-37-29-12-7-24(8-13-29)22-33-17-19-34(20-18-33)32(36)26-9-14-30(15-10-26)38-31-16-11-27(21-28(31)23-35)25-5-3-2-4-6-25/h7-16,21,23,25H,2-6,17-20,22H2,1H3. The highest BCUT2D eigenvalue weighted by atomic mass is 16.5. The van der Waals surface area contributed by atoms with Crippen molar-refractivity contribution in [1.82, 2.24) is 9.80 Å². The van der Waals surface area contributed by atoms with Gasteiger partial charge in [0.25, 0.3) is 5.91 Å². The number of hydrogen-bond acceptors (Lipinski definition) is 5. The molecular weight excluding hydrogens is 476 g/mol. The molecule has 6 nitrogen and oxygen atoms in total. The molecule has 198 valence electrons. The molecule has 1 aliphatic carbocycles. The second-order valence-electron chi connectivity index (χ2n) is 10.3. The van der Waals surface area contributed by atoms with Gasteiger partial charge in [-0.1, -0.05) is 37.5 Å². The summed E-state index contributed by atoms with van der Waals surface area (Å²) in [7, 11) is 1.67. The van der Waals surface area contributed by atoms with E-state index < -0.39 is 0 Å². The van der Waals surface area contributed by atoms with Crippen molar-refractivity contribution in [2.45, 2.75) is 44.6 Å². The van der Waals surface area contributed by atoms with Crippen LogP contribution in [-0.2, 0) is 6.54 Å². The molecule has 1 saturated carbocycles. The van der Waals surface area contributed by atoms with Crippen LogP contribution in [0.3, 0.4) is 0 Å². The third kappa shape index (κ3) is 6.25. The molecule has 0 N–H and O–H groups in total. The van der Waals surface area contributed by atoms with Crippen molar-refractivity contribution >= 4 is 12.2 Å². The zero-order valence-corrected chi connectivity index (χ0v) is 22.1. The van der Waals surface area contributed by atoms with Crippen molar-refractivity contribution in [1.29, 1.82) is 0 Å². The lowest BCUT2D eigenvalue weighted by Crippen LogP contribution is -2.48. The molecule has 0 atom stereocenters. The Hall–Kier alpha value is -3.64. The first-order chi connectivity index (χ1) is 18.6. The van der Waals surface area contributed by atoms with Crippen LogP contribution in [0.5, 0.6) is 17.2 Å². The van der Waals surface area contributed by atoms with E-state index in [0.29, 0.717) is 41.6 Å². The van der Waals surface area contributed by atoms with Crippen LogP contribution in [-0.4, -0.2) is 55.3 Å². The van der Waals surface area contributed by atoms with Crippen LogP contribution in [0.15, 0.2) is 66.7 Å². The number of nitrogens with zero attached hydrogens (tertiary/aromatic N) is 2. The predicted molar refractivity (Wildman–Crippen MR) is 148 cm³/mol. The van der Waals surface area contributed by atoms with E-state index >= 15 is 0 Å². The summed E-state index contributed by atoms with van der Waals surface area (Å²) in [5.41, 5.74) is 3.68. The van der Waals surface area contributed by atoms with Crippen molar-refractivity contribution in [2.75, 3.05) is 33.3 Å². The molecule has 2 fully saturated rings. The van der Waals surface area contributed by atoms with E-state index in [4.69, 9.17) is 9.47 Å². The van der Waals surface area contributed by atoms with Gasteiger partial charge in [0.1, 0.15) is 17.2 Å². The average Bonchev–Trinajstić information content (AvgIpc) is 2.98. The molecule has 0 bridgehead atoms. The van der Waals surface area contributed by atoms with Gasteiger partial charge in [0.2, 0.25) is 0 Å². The molecule has 38 heavy (non-hydrogen) atoms. The summed E-state index contributed by atoms with van der Waals surface area (Å²) in [6, 6.07) is 21.3. The van der Waals surface area contributed by atoms with E-state index in [0.717, 1.165) is 31.7 Å². The van der Waals surface area contributed by atoms with Crippen LogP contribution >= 0.6 is 0 Å². The quantitative estimate of drug-likeness (QED) is 0.331. The Morgan fingerprint density at radius 2 is 1.55 bits per heavy atom. The molecule has 1 amide bonds. The van der Waals surface area contributed by atoms with Crippen LogP contribution in [0.2, 0.25) is 0 Å². The maximum atomic E-state index is 13.1. The van der Waals surface area contributed by atoms with E-state index in [1.54, 1.807) is 31.4 Å². The van der Waals surface area contributed by atoms with E-state index in [1.807, 2.05) is 29.2 Å². The number of carbonyl (C=O) groups excluding carboxylic acids is 2. The number of hydrogen-bond donors (Lipinski definition) is 0. The SMILES string of the molecule is COc1ccc(CN2CCN(C(=O)c3ccc(Oc4ccc(C5CCCCC5)cc4C=O)cc3)CC2)cc1. The van der Waals surface area contributed by atoms with Gasteiger partial charge in [-0.05, 0) is 78.4 Å². The fourth-order valence-electron chi connectivity index (χ4n) is 5.52. The lowest BCUT2D eigenvalue weighted by atomic mass is 9.83. The van der Waals surface area contributed by atoms with Gasteiger partial charge in [0, 0.05) is 38.3 Å². The van der Waals surface area contributed by atoms with E-state index in [9.17, 15) is 9.59 Å². The molecule has 1 saturated heterocycles. The number of aldehydes is 1. The predicted octanol–water partition coefficient (Wildman–Crippen LogP) is 6.31. The molecule has 6 heteroatoms. The van der Waals surface area contributed by atoms with Gasteiger partial charge in [-0.25, -0.2) is 0 Å². The van der Waals surface area contributed by atoms with Crippen molar-refractivity contribution in [3.63, 3.8) is 0 Å². The van der Waals surface area contributed by atoms with Crippen molar-refractivity contribution in [2.24, 2.45) is 0 Å². The molecule has 0 unspecified atom stereocenters. The molecule has 3 aromatic carbocycles. The van der Waals surface area contributed by atoms with Crippen molar-refractivity contribution < 1.29 is 19.1 Å². The highest BCUT2D eigenvalue weighted by molar-refractivity contribution is 5.94. The van der Waals surface area contributed by atoms with E-state index in [2.05, 4.69) is 23.1 Å². The number of piperazine rings is 1. The van der Waals surface area contributed by atoms with Crippen LogP contribution in [0.4, 0.5) is 0 Å². The van der Waals surface area contributed by atoms with E-state index in [1.165, 1.54) is 43.2 Å². The molecule has 2 aliphatic rings. The second kappa shape index (κ2) is 12.3. The highest BCUT2D eigenvalue weighted by Crippen LogP contribution is 2.35. The molecule has 3 aromatic rings. The summed E-state index contributed by atoms with van der Waals surface area (Å²) in [6.07, 6.45) is 7.05. The number of methoxy groups -OCH3 is 1. The Bertz CT molecular complexity index is 1230. The first-order valence-electron chi connectivity index (χ1n) is 13.6. The molecule has 0 spiro atoms. The van der Waals surface area contributed by atoms with E-state index in [-0.39, 0.29) is 5.91 Å². The molecule has 1 aliphatic heterocycles. The largest absolute Gasteiger partial charge is 0.497 e. The second-order valence-corrected chi connectivity index (χ2v) is 10.3.